The third-order valence-electron chi connectivity index (χ3n) is 2.97. The summed E-state index contributed by atoms with van der Waals surface area (Å²) in [5.41, 5.74) is 1.18. The van der Waals surface area contributed by atoms with Crippen molar-refractivity contribution < 1.29 is 5.11 Å². The summed E-state index contributed by atoms with van der Waals surface area (Å²) >= 11 is 1.66. The average molecular weight is 285 g/mol. The van der Waals surface area contributed by atoms with Crippen LogP contribution >= 0.6 is 11.3 Å². The smallest absolute Gasteiger partial charge is 0.138 e. The standard InChI is InChI=1S/C15H15N3OS/c1-10-17-14(16-7-8-19)12-9-13(20-15(12)18-10)11-5-3-2-4-6-11/h2-6,9,19H,7-8H2,1H3,(H,16,17,18). The van der Waals surface area contributed by atoms with Gasteiger partial charge in [-0.3, -0.25) is 0 Å². The van der Waals surface area contributed by atoms with Crippen LogP contribution < -0.4 is 5.32 Å². The summed E-state index contributed by atoms with van der Waals surface area (Å²) in [6.07, 6.45) is 0. The Morgan fingerprint density at radius 2 is 2.00 bits per heavy atom. The lowest BCUT2D eigenvalue weighted by atomic mass is 10.2. The maximum absolute atomic E-state index is 8.95. The maximum Gasteiger partial charge on any atom is 0.138 e. The second kappa shape index (κ2) is 5.56. The van der Waals surface area contributed by atoms with Crippen molar-refractivity contribution in [2.75, 3.05) is 18.5 Å². The molecule has 102 valence electrons. The van der Waals surface area contributed by atoms with Crippen molar-refractivity contribution in [1.29, 1.82) is 0 Å². The number of nitrogens with zero attached hydrogens (tertiary/aromatic N) is 2. The van der Waals surface area contributed by atoms with E-state index in [2.05, 4.69) is 33.5 Å². The van der Waals surface area contributed by atoms with Gasteiger partial charge < -0.3 is 10.4 Å². The summed E-state index contributed by atoms with van der Waals surface area (Å²) in [5.74, 6) is 1.53. The summed E-state index contributed by atoms with van der Waals surface area (Å²) in [6, 6.07) is 12.4. The highest BCUT2D eigenvalue weighted by Gasteiger charge is 2.11. The zero-order chi connectivity index (χ0) is 13.9. The molecule has 0 saturated carbocycles. The minimum absolute atomic E-state index is 0.0836. The molecule has 4 nitrogen and oxygen atoms in total. The Morgan fingerprint density at radius 1 is 1.20 bits per heavy atom. The van der Waals surface area contributed by atoms with Crippen LogP contribution in [0.2, 0.25) is 0 Å². The quantitative estimate of drug-likeness (QED) is 0.773. The van der Waals surface area contributed by atoms with Gasteiger partial charge in [-0.05, 0) is 18.6 Å². The Balaban J connectivity index is 2.10. The molecule has 0 aliphatic heterocycles. The van der Waals surface area contributed by atoms with Gasteiger partial charge in [-0.1, -0.05) is 30.3 Å². The summed E-state index contributed by atoms with van der Waals surface area (Å²) in [7, 11) is 0. The van der Waals surface area contributed by atoms with Gasteiger partial charge in [0.15, 0.2) is 0 Å². The van der Waals surface area contributed by atoms with Gasteiger partial charge in [0, 0.05) is 11.4 Å². The largest absolute Gasteiger partial charge is 0.395 e. The van der Waals surface area contributed by atoms with Crippen molar-refractivity contribution in [2.24, 2.45) is 0 Å². The molecule has 5 heteroatoms. The molecule has 2 heterocycles. The SMILES string of the molecule is Cc1nc(NCCO)c2cc(-c3ccccc3)sc2n1. The summed E-state index contributed by atoms with van der Waals surface area (Å²) < 4.78 is 0. The first-order valence-electron chi connectivity index (χ1n) is 6.46. The molecule has 2 aromatic heterocycles. The lowest BCUT2D eigenvalue weighted by Gasteiger charge is -2.05. The Kier molecular flexibility index (Phi) is 3.62. The number of fused-ring (bicyclic) bond motifs is 1. The van der Waals surface area contributed by atoms with E-state index in [1.54, 1.807) is 11.3 Å². The van der Waals surface area contributed by atoms with E-state index >= 15 is 0 Å². The van der Waals surface area contributed by atoms with Gasteiger partial charge in [-0.15, -0.1) is 11.3 Å². The molecule has 1 aromatic carbocycles. The van der Waals surface area contributed by atoms with E-state index in [1.165, 1.54) is 10.4 Å². The summed E-state index contributed by atoms with van der Waals surface area (Å²) in [4.78, 5) is 11.1. The van der Waals surface area contributed by atoms with Gasteiger partial charge >= 0.3 is 0 Å². The van der Waals surface area contributed by atoms with E-state index in [-0.39, 0.29) is 6.61 Å². The minimum Gasteiger partial charge on any atom is -0.395 e. The van der Waals surface area contributed by atoms with Gasteiger partial charge in [0.25, 0.3) is 0 Å². The van der Waals surface area contributed by atoms with Gasteiger partial charge in [-0.2, -0.15) is 0 Å². The van der Waals surface area contributed by atoms with Crippen molar-refractivity contribution in [1.82, 2.24) is 9.97 Å². The zero-order valence-corrected chi connectivity index (χ0v) is 11.9. The molecule has 3 aromatic rings. The van der Waals surface area contributed by atoms with Crippen LogP contribution in [0.4, 0.5) is 5.82 Å². The van der Waals surface area contributed by atoms with E-state index in [0.29, 0.717) is 6.54 Å². The van der Waals surface area contributed by atoms with E-state index in [0.717, 1.165) is 21.9 Å². The van der Waals surface area contributed by atoms with Gasteiger partial charge in [-0.25, -0.2) is 9.97 Å². The van der Waals surface area contributed by atoms with Crippen molar-refractivity contribution in [3.8, 4) is 10.4 Å². The van der Waals surface area contributed by atoms with E-state index in [4.69, 9.17) is 5.11 Å². The fourth-order valence-electron chi connectivity index (χ4n) is 2.08. The highest BCUT2D eigenvalue weighted by molar-refractivity contribution is 7.21. The fourth-order valence-corrected chi connectivity index (χ4v) is 3.16. The third kappa shape index (κ3) is 2.50. The number of hydrogen-bond acceptors (Lipinski definition) is 5. The van der Waals surface area contributed by atoms with Crippen LogP contribution in [0.3, 0.4) is 0 Å². The Bertz CT molecular complexity index is 725. The highest BCUT2D eigenvalue weighted by atomic mass is 32.1. The van der Waals surface area contributed by atoms with Gasteiger partial charge in [0.1, 0.15) is 16.5 Å². The van der Waals surface area contributed by atoms with Gasteiger partial charge in [0.2, 0.25) is 0 Å². The number of benzene rings is 1. The summed E-state index contributed by atoms with van der Waals surface area (Å²) in [6.45, 7) is 2.45. The Hall–Kier alpha value is -1.98. The molecule has 0 aliphatic rings. The molecular weight excluding hydrogens is 270 g/mol. The predicted molar refractivity (Wildman–Crippen MR) is 83.2 cm³/mol. The molecule has 0 saturated heterocycles. The number of nitrogens with one attached hydrogen (secondary N) is 1. The first kappa shape index (κ1) is 13.0. The molecule has 0 atom stereocenters. The number of aliphatic hydroxyl groups excluding tert-OH is 1. The second-order valence-electron chi connectivity index (χ2n) is 4.47. The molecule has 0 amide bonds. The maximum atomic E-state index is 8.95. The number of anilines is 1. The first-order valence-corrected chi connectivity index (χ1v) is 7.28. The zero-order valence-electron chi connectivity index (χ0n) is 11.1. The van der Waals surface area contributed by atoms with Crippen molar-refractivity contribution in [3.63, 3.8) is 0 Å². The van der Waals surface area contributed by atoms with E-state index in [9.17, 15) is 0 Å². The Labute approximate surface area is 121 Å². The Morgan fingerprint density at radius 3 is 2.75 bits per heavy atom. The number of thiophene rings is 1. The van der Waals surface area contributed by atoms with Crippen LogP contribution in [0.1, 0.15) is 5.82 Å². The molecule has 0 radical (unpaired) electrons. The van der Waals surface area contributed by atoms with Crippen molar-refractivity contribution in [3.05, 3.63) is 42.2 Å². The lowest BCUT2D eigenvalue weighted by Crippen LogP contribution is -2.08. The van der Waals surface area contributed by atoms with Crippen LogP contribution in [-0.4, -0.2) is 28.2 Å². The molecule has 2 N–H and O–H groups in total. The van der Waals surface area contributed by atoms with Crippen LogP contribution in [0.15, 0.2) is 36.4 Å². The van der Waals surface area contributed by atoms with Crippen LogP contribution in [-0.2, 0) is 0 Å². The third-order valence-corrected chi connectivity index (χ3v) is 4.05. The first-order chi connectivity index (χ1) is 9.78. The molecule has 0 unspecified atom stereocenters. The normalized spacial score (nSPS) is 10.9. The van der Waals surface area contributed by atoms with Crippen molar-refractivity contribution >= 4 is 27.4 Å². The molecule has 0 spiro atoms. The number of rotatable bonds is 4. The van der Waals surface area contributed by atoms with E-state index < -0.39 is 0 Å². The molecule has 20 heavy (non-hydrogen) atoms. The van der Waals surface area contributed by atoms with Gasteiger partial charge in [0.05, 0.1) is 12.0 Å². The topological polar surface area (TPSA) is 58.0 Å². The highest BCUT2D eigenvalue weighted by Crippen LogP contribution is 2.35. The lowest BCUT2D eigenvalue weighted by molar-refractivity contribution is 0.311. The number of aliphatic hydroxyl groups is 1. The fraction of sp³-hybridized carbons (Fsp3) is 0.200. The number of hydrogen-bond donors (Lipinski definition) is 2. The molecule has 3 rings (SSSR count). The molecule has 0 bridgehead atoms. The average Bonchev–Trinajstić information content (AvgIpc) is 2.89. The van der Waals surface area contributed by atoms with Crippen LogP contribution in [0.5, 0.6) is 0 Å². The second-order valence-corrected chi connectivity index (χ2v) is 5.50. The minimum atomic E-state index is 0.0836. The van der Waals surface area contributed by atoms with Crippen LogP contribution in [0.25, 0.3) is 20.7 Å². The molecule has 0 aliphatic carbocycles. The molecular formula is C15H15N3OS. The monoisotopic (exact) mass is 285 g/mol. The number of aryl methyl sites for hydroxylation is 1. The van der Waals surface area contributed by atoms with Crippen LogP contribution in [0, 0.1) is 6.92 Å². The summed E-state index contributed by atoms with van der Waals surface area (Å²) in [5, 5.41) is 13.1. The number of aromatic nitrogens is 2. The van der Waals surface area contributed by atoms with E-state index in [1.807, 2.05) is 25.1 Å². The molecule has 0 fully saturated rings. The van der Waals surface area contributed by atoms with Crippen molar-refractivity contribution in [2.45, 2.75) is 6.92 Å². The predicted octanol–water partition coefficient (Wildman–Crippen LogP) is 3.07.